The summed E-state index contributed by atoms with van der Waals surface area (Å²) in [6.07, 6.45) is 3.37. The number of aromatic nitrogens is 4. The lowest BCUT2D eigenvalue weighted by molar-refractivity contribution is -0.134. The van der Waals surface area contributed by atoms with Crippen molar-refractivity contribution in [1.82, 2.24) is 29.5 Å². The SMILES string of the molecule is Nc1nc(-c2ccc(Oc3ccccc3)cc2)nc2c1cnn2C1CCN(C(=O)CN2CCOCC2)CC1. The van der Waals surface area contributed by atoms with Gasteiger partial charge in [-0.3, -0.25) is 9.69 Å². The zero-order valence-corrected chi connectivity index (χ0v) is 21.2. The van der Waals surface area contributed by atoms with E-state index in [2.05, 4.69) is 15.0 Å². The van der Waals surface area contributed by atoms with Gasteiger partial charge in [0.05, 0.1) is 37.4 Å². The van der Waals surface area contributed by atoms with Gasteiger partial charge in [-0.2, -0.15) is 5.10 Å². The number of ether oxygens (including phenoxy) is 2. The Morgan fingerprint density at radius 1 is 0.947 bits per heavy atom. The van der Waals surface area contributed by atoms with Crippen molar-refractivity contribution in [1.29, 1.82) is 0 Å². The van der Waals surface area contributed by atoms with E-state index in [1.807, 2.05) is 64.2 Å². The number of fused-ring (bicyclic) bond motifs is 1. The number of nitrogens with zero attached hydrogens (tertiary/aromatic N) is 6. The van der Waals surface area contributed by atoms with Gasteiger partial charge < -0.3 is 20.1 Å². The van der Waals surface area contributed by atoms with Gasteiger partial charge in [0.15, 0.2) is 11.5 Å². The second-order valence-corrected chi connectivity index (χ2v) is 9.70. The van der Waals surface area contributed by atoms with E-state index < -0.39 is 0 Å². The summed E-state index contributed by atoms with van der Waals surface area (Å²) in [4.78, 5) is 26.3. The zero-order chi connectivity index (χ0) is 25.9. The third kappa shape index (κ3) is 5.18. The summed E-state index contributed by atoms with van der Waals surface area (Å²) in [5.41, 5.74) is 7.89. The molecule has 2 fully saturated rings. The number of nitrogen functional groups attached to an aromatic ring is 1. The summed E-state index contributed by atoms with van der Waals surface area (Å²) >= 11 is 0. The Labute approximate surface area is 221 Å². The monoisotopic (exact) mass is 513 g/mol. The Morgan fingerprint density at radius 3 is 2.39 bits per heavy atom. The van der Waals surface area contributed by atoms with Gasteiger partial charge in [-0.1, -0.05) is 18.2 Å². The van der Waals surface area contributed by atoms with Crippen molar-refractivity contribution in [2.75, 3.05) is 51.7 Å². The standard InChI is InChI=1S/C28H31N7O3/c29-26-24-18-30-35(21-10-12-34(13-11-21)25(36)19-33-14-16-37-17-15-33)28(24)32-27(31-26)20-6-8-23(9-7-20)38-22-4-2-1-3-5-22/h1-9,18,21H,10-17,19H2,(H2,29,31,32). The van der Waals surface area contributed by atoms with Crippen molar-refractivity contribution < 1.29 is 14.3 Å². The summed E-state index contributed by atoms with van der Waals surface area (Å²) in [6.45, 7) is 4.88. The molecule has 4 aromatic rings. The number of piperidine rings is 1. The predicted molar refractivity (Wildman–Crippen MR) is 144 cm³/mol. The molecule has 2 aliphatic rings. The first-order valence-electron chi connectivity index (χ1n) is 13.1. The minimum atomic E-state index is 0.142. The van der Waals surface area contributed by atoms with Gasteiger partial charge in [0, 0.05) is 31.7 Å². The maximum Gasteiger partial charge on any atom is 0.236 e. The number of hydrogen-bond donors (Lipinski definition) is 1. The minimum absolute atomic E-state index is 0.142. The topological polar surface area (TPSA) is 112 Å². The number of nitrogens with two attached hydrogens (primary N) is 1. The van der Waals surface area contributed by atoms with Crippen LogP contribution in [0.25, 0.3) is 22.4 Å². The van der Waals surface area contributed by atoms with Crippen LogP contribution in [0.2, 0.25) is 0 Å². The van der Waals surface area contributed by atoms with Crippen LogP contribution >= 0.6 is 0 Å². The lowest BCUT2D eigenvalue weighted by Gasteiger charge is -2.34. The first-order valence-corrected chi connectivity index (χ1v) is 13.1. The highest BCUT2D eigenvalue weighted by molar-refractivity contribution is 5.87. The number of anilines is 1. The molecule has 0 saturated carbocycles. The fourth-order valence-electron chi connectivity index (χ4n) is 5.05. The van der Waals surface area contributed by atoms with Crippen molar-refractivity contribution in [2.24, 2.45) is 0 Å². The van der Waals surface area contributed by atoms with Crippen molar-refractivity contribution in [3.05, 3.63) is 60.8 Å². The average molecular weight is 514 g/mol. The molecule has 4 heterocycles. The molecule has 2 aliphatic heterocycles. The van der Waals surface area contributed by atoms with E-state index >= 15 is 0 Å². The molecule has 196 valence electrons. The van der Waals surface area contributed by atoms with Crippen molar-refractivity contribution in [3.8, 4) is 22.9 Å². The second kappa shape index (κ2) is 10.8. The number of amides is 1. The van der Waals surface area contributed by atoms with E-state index in [0.717, 1.165) is 54.0 Å². The fraction of sp³-hybridized carbons (Fsp3) is 0.357. The van der Waals surface area contributed by atoms with Gasteiger partial charge in [-0.25, -0.2) is 14.6 Å². The van der Waals surface area contributed by atoms with Gasteiger partial charge in [0.2, 0.25) is 5.91 Å². The van der Waals surface area contributed by atoms with Gasteiger partial charge in [0.1, 0.15) is 17.3 Å². The van der Waals surface area contributed by atoms with Gasteiger partial charge >= 0.3 is 0 Å². The molecule has 38 heavy (non-hydrogen) atoms. The number of hydrogen-bond acceptors (Lipinski definition) is 8. The van der Waals surface area contributed by atoms with Crippen LogP contribution in [0.3, 0.4) is 0 Å². The predicted octanol–water partition coefficient (Wildman–Crippen LogP) is 3.36. The second-order valence-electron chi connectivity index (χ2n) is 9.70. The minimum Gasteiger partial charge on any atom is -0.457 e. The Kier molecular flexibility index (Phi) is 6.89. The number of para-hydroxylation sites is 1. The highest BCUT2D eigenvalue weighted by atomic mass is 16.5. The van der Waals surface area contributed by atoms with Crippen LogP contribution < -0.4 is 10.5 Å². The molecule has 2 aromatic heterocycles. The molecule has 0 radical (unpaired) electrons. The average Bonchev–Trinajstić information content (AvgIpc) is 3.39. The van der Waals surface area contributed by atoms with E-state index in [-0.39, 0.29) is 11.9 Å². The molecule has 0 atom stereocenters. The summed E-state index contributed by atoms with van der Waals surface area (Å²) in [6, 6.07) is 17.4. The molecule has 0 bridgehead atoms. The van der Waals surface area contributed by atoms with Crippen molar-refractivity contribution >= 4 is 22.8 Å². The van der Waals surface area contributed by atoms with Crippen LogP contribution in [0, 0.1) is 0 Å². The normalized spacial score (nSPS) is 17.1. The molecule has 2 aromatic carbocycles. The van der Waals surface area contributed by atoms with Crippen molar-refractivity contribution in [3.63, 3.8) is 0 Å². The van der Waals surface area contributed by atoms with E-state index in [9.17, 15) is 4.79 Å². The van der Waals surface area contributed by atoms with Gasteiger partial charge in [-0.15, -0.1) is 0 Å². The maximum atomic E-state index is 12.8. The molecule has 6 rings (SSSR count). The van der Waals surface area contributed by atoms with Crippen LogP contribution in [0.1, 0.15) is 18.9 Å². The molecule has 2 N–H and O–H groups in total. The van der Waals surface area contributed by atoms with E-state index in [4.69, 9.17) is 20.2 Å². The van der Waals surface area contributed by atoms with Crippen LogP contribution in [-0.4, -0.2) is 81.4 Å². The van der Waals surface area contributed by atoms with Crippen LogP contribution in [-0.2, 0) is 9.53 Å². The van der Waals surface area contributed by atoms with Gasteiger partial charge in [-0.05, 0) is 49.2 Å². The molecule has 10 nitrogen and oxygen atoms in total. The fourth-order valence-corrected chi connectivity index (χ4v) is 5.05. The summed E-state index contributed by atoms with van der Waals surface area (Å²) in [5, 5.41) is 5.37. The Balaban J connectivity index is 1.15. The Bertz CT molecular complexity index is 1390. The largest absolute Gasteiger partial charge is 0.457 e. The molecule has 2 saturated heterocycles. The van der Waals surface area contributed by atoms with Crippen LogP contribution in [0.15, 0.2) is 60.8 Å². The van der Waals surface area contributed by atoms with Crippen LogP contribution in [0.4, 0.5) is 5.82 Å². The Hall–Kier alpha value is -4.02. The first-order chi connectivity index (χ1) is 18.6. The molecule has 0 unspecified atom stereocenters. The molecule has 0 aliphatic carbocycles. The first kappa shape index (κ1) is 24.3. The number of morpholine rings is 1. The van der Waals surface area contributed by atoms with Gasteiger partial charge in [0.25, 0.3) is 0 Å². The Morgan fingerprint density at radius 2 is 1.66 bits per heavy atom. The molecular weight excluding hydrogens is 482 g/mol. The third-order valence-electron chi connectivity index (χ3n) is 7.20. The summed E-state index contributed by atoms with van der Waals surface area (Å²) < 4.78 is 13.2. The number of rotatable bonds is 6. The number of carbonyl (C=O) groups excluding carboxylic acids is 1. The molecule has 10 heteroatoms. The van der Waals surface area contributed by atoms with E-state index in [1.54, 1.807) is 6.20 Å². The lowest BCUT2D eigenvalue weighted by Crippen LogP contribution is -2.47. The number of carbonyl (C=O) groups is 1. The summed E-state index contributed by atoms with van der Waals surface area (Å²) in [7, 11) is 0. The summed E-state index contributed by atoms with van der Waals surface area (Å²) in [5.74, 6) is 2.64. The number of benzene rings is 2. The van der Waals surface area contributed by atoms with E-state index in [1.165, 1.54) is 0 Å². The third-order valence-corrected chi connectivity index (χ3v) is 7.20. The molecule has 0 spiro atoms. The highest BCUT2D eigenvalue weighted by Crippen LogP contribution is 2.30. The lowest BCUT2D eigenvalue weighted by atomic mass is 10.1. The highest BCUT2D eigenvalue weighted by Gasteiger charge is 2.27. The maximum absolute atomic E-state index is 12.8. The number of likely N-dealkylation sites (tertiary alicyclic amines) is 1. The molecule has 1 amide bonds. The van der Waals surface area contributed by atoms with E-state index in [0.29, 0.717) is 44.5 Å². The molecular formula is C28H31N7O3. The zero-order valence-electron chi connectivity index (χ0n) is 21.2. The quantitative estimate of drug-likeness (QED) is 0.418. The smallest absolute Gasteiger partial charge is 0.236 e. The van der Waals surface area contributed by atoms with Crippen molar-refractivity contribution in [2.45, 2.75) is 18.9 Å². The van der Waals surface area contributed by atoms with Crippen LogP contribution in [0.5, 0.6) is 11.5 Å².